The summed E-state index contributed by atoms with van der Waals surface area (Å²) in [6, 6.07) is 29.9. The molecule has 7 heteroatoms. The van der Waals surface area contributed by atoms with Gasteiger partial charge in [-0.15, -0.1) is 0 Å². The van der Waals surface area contributed by atoms with Gasteiger partial charge in [-0.1, -0.05) is 60.2 Å². The Morgan fingerprint density at radius 2 is 1.57 bits per heavy atom. The van der Waals surface area contributed by atoms with Crippen LogP contribution in [0.15, 0.2) is 108 Å². The molecule has 40 heavy (non-hydrogen) atoms. The van der Waals surface area contributed by atoms with Crippen molar-refractivity contribution >= 4 is 34.5 Å². The van der Waals surface area contributed by atoms with Gasteiger partial charge in [-0.05, 0) is 67.9 Å². The van der Waals surface area contributed by atoms with Crippen LogP contribution < -0.4 is 4.90 Å². The van der Waals surface area contributed by atoms with Crippen molar-refractivity contribution in [1.82, 2.24) is 9.88 Å². The number of carbonyl (C=O) groups excluding carboxylic acids is 3. The van der Waals surface area contributed by atoms with Gasteiger partial charge >= 0.3 is 0 Å². The molecule has 1 saturated heterocycles. The minimum atomic E-state index is -0.937. The second-order valence-corrected chi connectivity index (χ2v) is 9.99. The Balaban J connectivity index is 1.31. The van der Waals surface area contributed by atoms with Crippen LogP contribution in [-0.2, 0) is 9.59 Å². The molecule has 1 fully saturated rings. The fourth-order valence-corrected chi connectivity index (χ4v) is 5.18. The molecule has 2 atom stereocenters. The first-order valence-corrected chi connectivity index (χ1v) is 13.2. The first-order chi connectivity index (χ1) is 19.4. The lowest BCUT2D eigenvalue weighted by Crippen LogP contribution is -2.46. The Hall–Kier alpha value is -5.04. The standard InChI is InChI=1S/C33H27N3O4/c1-21-12-14-25(15-13-21)32(38)35(22(2)23-8-4-3-5-9-23)28-20-30(37)36(33(28)39)26-18-16-24(17-19-26)31-34-27-10-6-7-11-29(27)40-31/h3-19,22,28H,20H2,1-2H3. The highest BCUT2D eigenvalue weighted by Gasteiger charge is 2.46. The number of rotatable bonds is 6. The quantitative estimate of drug-likeness (QED) is 0.240. The molecule has 0 N–H and O–H groups in total. The number of nitrogens with zero attached hydrogens (tertiary/aromatic N) is 3. The summed E-state index contributed by atoms with van der Waals surface area (Å²) in [7, 11) is 0. The van der Waals surface area contributed by atoms with Crippen LogP contribution in [0.5, 0.6) is 0 Å². The number of fused-ring (bicyclic) bond motifs is 1. The monoisotopic (exact) mass is 529 g/mol. The van der Waals surface area contributed by atoms with Crippen molar-refractivity contribution in [3.8, 4) is 11.5 Å². The molecular formula is C33H27N3O4. The number of amides is 3. The summed E-state index contributed by atoms with van der Waals surface area (Å²) in [5.74, 6) is -0.624. The minimum Gasteiger partial charge on any atom is -0.436 e. The number of hydrogen-bond acceptors (Lipinski definition) is 5. The normalized spacial score (nSPS) is 15.9. The largest absolute Gasteiger partial charge is 0.436 e. The van der Waals surface area contributed by atoms with Crippen molar-refractivity contribution in [2.24, 2.45) is 0 Å². The van der Waals surface area contributed by atoms with E-state index in [0.717, 1.165) is 22.2 Å². The van der Waals surface area contributed by atoms with Gasteiger partial charge in [-0.25, -0.2) is 9.88 Å². The van der Waals surface area contributed by atoms with E-state index in [1.54, 1.807) is 41.3 Å². The van der Waals surface area contributed by atoms with Gasteiger partial charge in [0.05, 0.1) is 18.2 Å². The molecule has 0 radical (unpaired) electrons. The average Bonchev–Trinajstić information content (AvgIpc) is 3.54. The summed E-state index contributed by atoms with van der Waals surface area (Å²) in [4.78, 5) is 48.2. The van der Waals surface area contributed by atoms with Crippen LogP contribution >= 0.6 is 0 Å². The number of para-hydroxylation sites is 2. The van der Waals surface area contributed by atoms with Crippen molar-refractivity contribution in [3.63, 3.8) is 0 Å². The Kier molecular flexibility index (Phi) is 6.48. The van der Waals surface area contributed by atoms with E-state index in [1.807, 2.05) is 80.6 Å². The van der Waals surface area contributed by atoms with E-state index in [9.17, 15) is 14.4 Å². The summed E-state index contributed by atoms with van der Waals surface area (Å²) in [5, 5.41) is 0. The highest BCUT2D eigenvalue weighted by molar-refractivity contribution is 6.23. The van der Waals surface area contributed by atoms with Gasteiger partial charge < -0.3 is 9.32 Å². The molecular weight excluding hydrogens is 502 g/mol. The van der Waals surface area contributed by atoms with E-state index in [0.29, 0.717) is 22.7 Å². The van der Waals surface area contributed by atoms with Crippen LogP contribution in [0.3, 0.4) is 0 Å². The highest BCUT2D eigenvalue weighted by Crippen LogP contribution is 2.34. The zero-order chi connectivity index (χ0) is 27.8. The molecule has 4 aromatic carbocycles. The van der Waals surface area contributed by atoms with Crippen LogP contribution in [0, 0.1) is 6.92 Å². The van der Waals surface area contributed by atoms with E-state index in [-0.39, 0.29) is 18.2 Å². The third-order valence-electron chi connectivity index (χ3n) is 7.36. The zero-order valence-electron chi connectivity index (χ0n) is 22.2. The number of imide groups is 1. The van der Waals surface area contributed by atoms with Gasteiger partial charge in [0, 0.05) is 11.1 Å². The van der Waals surface area contributed by atoms with Gasteiger partial charge in [0.15, 0.2) is 5.58 Å². The molecule has 5 aromatic rings. The summed E-state index contributed by atoms with van der Waals surface area (Å²) < 4.78 is 5.85. The average molecular weight is 530 g/mol. The van der Waals surface area contributed by atoms with E-state index >= 15 is 0 Å². The van der Waals surface area contributed by atoms with E-state index in [4.69, 9.17) is 4.42 Å². The first-order valence-electron chi connectivity index (χ1n) is 13.2. The predicted octanol–water partition coefficient (Wildman–Crippen LogP) is 6.34. The van der Waals surface area contributed by atoms with Crippen molar-refractivity contribution < 1.29 is 18.8 Å². The smallest absolute Gasteiger partial charge is 0.257 e. The second kappa shape index (κ2) is 10.3. The maximum absolute atomic E-state index is 13.9. The second-order valence-electron chi connectivity index (χ2n) is 9.99. The molecule has 1 aliphatic heterocycles. The number of carbonyl (C=O) groups is 3. The molecule has 3 amide bonds. The van der Waals surface area contributed by atoms with Gasteiger partial charge in [0.25, 0.3) is 11.8 Å². The van der Waals surface area contributed by atoms with Crippen LogP contribution in [0.4, 0.5) is 5.69 Å². The van der Waals surface area contributed by atoms with E-state index < -0.39 is 18.0 Å². The summed E-state index contributed by atoms with van der Waals surface area (Å²) in [6.07, 6.45) is -0.0967. The summed E-state index contributed by atoms with van der Waals surface area (Å²) >= 11 is 0. The molecule has 0 saturated carbocycles. The molecule has 0 spiro atoms. The van der Waals surface area contributed by atoms with E-state index in [1.165, 1.54) is 4.90 Å². The van der Waals surface area contributed by atoms with E-state index in [2.05, 4.69) is 4.98 Å². The Labute approximate surface area is 231 Å². The van der Waals surface area contributed by atoms with Gasteiger partial charge in [-0.3, -0.25) is 14.4 Å². The highest BCUT2D eigenvalue weighted by atomic mass is 16.3. The molecule has 6 rings (SSSR count). The topological polar surface area (TPSA) is 83.7 Å². The lowest BCUT2D eigenvalue weighted by atomic mass is 10.0. The minimum absolute atomic E-state index is 0.0967. The van der Waals surface area contributed by atoms with Crippen molar-refractivity contribution in [2.75, 3.05) is 4.90 Å². The Morgan fingerprint density at radius 3 is 2.27 bits per heavy atom. The maximum Gasteiger partial charge on any atom is 0.257 e. The molecule has 198 valence electrons. The number of aryl methyl sites for hydroxylation is 1. The van der Waals surface area contributed by atoms with Gasteiger partial charge in [-0.2, -0.15) is 0 Å². The molecule has 1 aliphatic rings. The van der Waals surface area contributed by atoms with Crippen LogP contribution in [0.25, 0.3) is 22.6 Å². The number of aromatic nitrogens is 1. The first kappa shape index (κ1) is 25.2. The van der Waals surface area contributed by atoms with Gasteiger partial charge in [0.2, 0.25) is 11.8 Å². The molecule has 2 unspecified atom stereocenters. The molecule has 1 aromatic heterocycles. The molecule has 2 heterocycles. The van der Waals surface area contributed by atoms with Crippen molar-refractivity contribution in [1.29, 1.82) is 0 Å². The van der Waals surface area contributed by atoms with Crippen LogP contribution in [-0.4, -0.2) is 33.6 Å². The predicted molar refractivity (Wildman–Crippen MR) is 153 cm³/mol. The van der Waals surface area contributed by atoms with Crippen LogP contribution in [0.2, 0.25) is 0 Å². The van der Waals surface area contributed by atoms with Crippen LogP contribution in [0.1, 0.15) is 40.9 Å². The summed E-state index contributed by atoms with van der Waals surface area (Å²) in [6.45, 7) is 3.84. The lowest BCUT2D eigenvalue weighted by Gasteiger charge is -2.33. The zero-order valence-corrected chi connectivity index (χ0v) is 22.2. The fraction of sp³-hybridized carbons (Fsp3) is 0.152. The van der Waals surface area contributed by atoms with Crippen molar-refractivity contribution in [3.05, 3.63) is 120 Å². The fourth-order valence-electron chi connectivity index (χ4n) is 5.18. The summed E-state index contributed by atoms with van der Waals surface area (Å²) in [5.41, 5.74) is 4.97. The van der Waals surface area contributed by atoms with Crippen molar-refractivity contribution in [2.45, 2.75) is 32.4 Å². The molecule has 7 nitrogen and oxygen atoms in total. The number of anilines is 1. The number of oxazole rings is 1. The lowest BCUT2D eigenvalue weighted by molar-refractivity contribution is -0.122. The maximum atomic E-state index is 13.9. The Morgan fingerprint density at radius 1 is 0.900 bits per heavy atom. The number of benzene rings is 4. The third kappa shape index (κ3) is 4.56. The SMILES string of the molecule is Cc1ccc(C(=O)N(C2CC(=O)N(c3ccc(-c4nc5ccccc5o4)cc3)C2=O)C(C)c2ccccc2)cc1. The van der Waals surface area contributed by atoms with Gasteiger partial charge in [0.1, 0.15) is 11.6 Å². The third-order valence-corrected chi connectivity index (χ3v) is 7.36. The molecule has 0 aliphatic carbocycles. The molecule has 0 bridgehead atoms. The number of hydrogen-bond donors (Lipinski definition) is 0. The Bertz CT molecular complexity index is 1680.